The highest BCUT2D eigenvalue weighted by atomic mass is 16.5. The Labute approximate surface area is 95.4 Å². The molecule has 16 heavy (non-hydrogen) atoms. The smallest absolute Gasteiger partial charge is 0.248 e. The minimum atomic E-state index is -0.0600. The van der Waals surface area contributed by atoms with Crippen molar-refractivity contribution in [2.75, 3.05) is 32.3 Å². The summed E-state index contributed by atoms with van der Waals surface area (Å²) >= 11 is 0. The number of hydrazine groups is 1. The van der Waals surface area contributed by atoms with Gasteiger partial charge in [-0.05, 0) is 12.1 Å². The molecule has 1 amide bonds. The minimum Gasteiger partial charge on any atom is -0.384 e. The molecule has 0 aliphatic carbocycles. The molecule has 1 fully saturated rings. The molecule has 4 nitrogen and oxygen atoms in total. The summed E-state index contributed by atoms with van der Waals surface area (Å²) in [6, 6.07) is 9.90. The third-order valence-corrected chi connectivity index (χ3v) is 2.85. The number of ether oxygens (including phenoxy) is 1. The van der Waals surface area contributed by atoms with E-state index in [0.717, 1.165) is 5.69 Å². The van der Waals surface area contributed by atoms with E-state index in [2.05, 4.69) is 0 Å². The molecule has 1 saturated heterocycles. The van der Waals surface area contributed by atoms with E-state index in [-0.39, 0.29) is 11.8 Å². The van der Waals surface area contributed by atoms with Crippen LogP contribution in [0.25, 0.3) is 0 Å². The highest BCUT2D eigenvalue weighted by Crippen LogP contribution is 2.24. The molecule has 0 radical (unpaired) electrons. The lowest BCUT2D eigenvalue weighted by molar-refractivity contribution is -0.131. The van der Waals surface area contributed by atoms with Crippen molar-refractivity contribution < 1.29 is 9.53 Å². The summed E-state index contributed by atoms with van der Waals surface area (Å²) in [5.74, 6) is 0.0564. The van der Waals surface area contributed by atoms with Crippen LogP contribution >= 0.6 is 0 Å². The maximum absolute atomic E-state index is 11.9. The quantitative estimate of drug-likeness (QED) is 0.766. The van der Waals surface area contributed by atoms with Crippen LogP contribution in [0.3, 0.4) is 0 Å². The Hall–Kier alpha value is -1.55. The number of carbonyl (C=O) groups is 1. The Balaban J connectivity index is 2.16. The number of amides is 1. The van der Waals surface area contributed by atoms with E-state index >= 15 is 0 Å². The van der Waals surface area contributed by atoms with Crippen LogP contribution < -0.4 is 5.01 Å². The monoisotopic (exact) mass is 220 g/mol. The van der Waals surface area contributed by atoms with Gasteiger partial charge in [0.1, 0.15) is 0 Å². The second-order valence-corrected chi connectivity index (χ2v) is 3.93. The van der Waals surface area contributed by atoms with Crippen molar-refractivity contribution in [2.24, 2.45) is 5.92 Å². The van der Waals surface area contributed by atoms with Gasteiger partial charge in [-0.25, -0.2) is 0 Å². The van der Waals surface area contributed by atoms with Gasteiger partial charge in [-0.2, -0.15) is 0 Å². The fourth-order valence-corrected chi connectivity index (χ4v) is 2.00. The topological polar surface area (TPSA) is 32.8 Å². The van der Waals surface area contributed by atoms with E-state index in [1.165, 1.54) is 0 Å². The number of benzene rings is 1. The zero-order valence-corrected chi connectivity index (χ0v) is 9.59. The van der Waals surface area contributed by atoms with Gasteiger partial charge in [0, 0.05) is 14.2 Å². The Kier molecular flexibility index (Phi) is 3.10. The molecule has 0 bridgehead atoms. The summed E-state index contributed by atoms with van der Waals surface area (Å²) in [6.45, 7) is 1.17. The van der Waals surface area contributed by atoms with Crippen molar-refractivity contribution >= 4 is 11.6 Å². The lowest BCUT2D eigenvalue weighted by atomic mass is 10.1. The first-order valence-corrected chi connectivity index (χ1v) is 5.33. The molecule has 0 spiro atoms. The average Bonchev–Trinajstić information content (AvgIpc) is 2.59. The maximum Gasteiger partial charge on any atom is 0.248 e. The van der Waals surface area contributed by atoms with Gasteiger partial charge >= 0.3 is 0 Å². The van der Waals surface area contributed by atoms with E-state index in [4.69, 9.17) is 4.74 Å². The molecule has 0 N–H and O–H groups in total. The van der Waals surface area contributed by atoms with Gasteiger partial charge in [-0.15, -0.1) is 0 Å². The van der Waals surface area contributed by atoms with E-state index in [0.29, 0.717) is 13.2 Å². The van der Waals surface area contributed by atoms with Gasteiger partial charge in [-0.3, -0.25) is 14.8 Å². The molecule has 2 rings (SSSR count). The molecule has 1 unspecified atom stereocenters. The highest BCUT2D eigenvalue weighted by Gasteiger charge is 2.35. The minimum absolute atomic E-state index is 0.0600. The molecule has 1 aromatic rings. The van der Waals surface area contributed by atoms with Crippen molar-refractivity contribution in [1.29, 1.82) is 0 Å². The van der Waals surface area contributed by atoms with Crippen molar-refractivity contribution in [3.8, 4) is 0 Å². The number of nitrogens with zero attached hydrogens (tertiary/aromatic N) is 2. The second-order valence-electron chi connectivity index (χ2n) is 3.93. The first kappa shape index (κ1) is 11.0. The Morgan fingerprint density at radius 2 is 2.06 bits per heavy atom. The first-order valence-electron chi connectivity index (χ1n) is 5.33. The van der Waals surface area contributed by atoms with Crippen molar-refractivity contribution in [1.82, 2.24) is 5.01 Å². The summed E-state index contributed by atoms with van der Waals surface area (Å²) in [5, 5.41) is 3.64. The number of hydrogen-bond donors (Lipinski definition) is 0. The summed E-state index contributed by atoms with van der Waals surface area (Å²) in [4.78, 5) is 11.9. The van der Waals surface area contributed by atoms with E-state index in [1.807, 2.05) is 35.3 Å². The molecular weight excluding hydrogens is 204 g/mol. The van der Waals surface area contributed by atoms with Crippen LogP contribution in [0.2, 0.25) is 0 Å². The molecule has 1 aromatic carbocycles. The molecule has 1 aliphatic rings. The van der Waals surface area contributed by atoms with Crippen LogP contribution in [0.4, 0.5) is 5.69 Å². The highest BCUT2D eigenvalue weighted by molar-refractivity contribution is 5.84. The molecule has 1 atom stereocenters. The molecule has 0 saturated carbocycles. The van der Waals surface area contributed by atoms with Crippen molar-refractivity contribution in [3.63, 3.8) is 0 Å². The molecule has 86 valence electrons. The van der Waals surface area contributed by atoms with E-state index in [1.54, 1.807) is 19.2 Å². The van der Waals surface area contributed by atoms with Gasteiger partial charge in [-0.1, -0.05) is 18.2 Å². The number of para-hydroxylation sites is 1. The van der Waals surface area contributed by atoms with Crippen LogP contribution in [0, 0.1) is 5.92 Å². The Morgan fingerprint density at radius 1 is 1.38 bits per heavy atom. The largest absolute Gasteiger partial charge is 0.384 e. The first-order chi connectivity index (χ1) is 7.74. The fourth-order valence-electron chi connectivity index (χ4n) is 2.00. The number of anilines is 1. The lowest BCUT2D eigenvalue weighted by Gasteiger charge is -2.25. The SMILES string of the molecule is COCC1CN(c2ccccc2)N(C)C1=O. The number of hydrogen-bond acceptors (Lipinski definition) is 3. The summed E-state index contributed by atoms with van der Waals surface area (Å²) in [5.41, 5.74) is 1.04. The van der Waals surface area contributed by atoms with Crippen LogP contribution in [0.5, 0.6) is 0 Å². The molecule has 1 heterocycles. The zero-order valence-electron chi connectivity index (χ0n) is 9.59. The molecule has 0 aromatic heterocycles. The maximum atomic E-state index is 11.9. The Bertz CT molecular complexity index is 367. The van der Waals surface area contributed by atoms with Crippen molar-refractivity contribution in [3.05, 3.63) is 30.3 Å². The second kappa shape index (κ2) is 4.53. The number of carbonyl (C=O) groups excluding carboxylic acids is 1. The van der Waals surface area contributed by atoms with Crippen LogP contribution in [-0.4, -0.2) is 38.2 Å². The van der Waals surface area contributed by atoms with E-state index in [9.17, 15) is 4.79 Å². The third-order valence-electron chi connectivity index (χ3n) is 2.85. The summed E-state index contributed by atoms with van der Waals surface area (Å²) < 4.78 is 5.05. The molecule has 1 aliphatic heterocycles. The van der Waals surface area contributed by atoms with E-state index < -0.39 is 0 Å². The number of methoxy groups -OCH3 is 1. The third kappa shape index (κ3) is 1.88. The van der Waals surface area contributed by atoms with Gasteiger partial charge in [0.2, 0.25) is 5.91 Å². The standard InChI is InChI=1S/C12H16N2O2/c1-13-12(15)10(9-16-2)8-14(13)11-6-4-3-5-7-11/h3-7,10H,8-9H2,1-2H3. The predicted octanol–water partition coefficient (Wildman–Crippen LogP) is 1.14. The fraction of sp³-hybridized carbons (Fsp3) is 0.417. The predicted molar refractivity (Wildman–Crippen MR) is 61.9 cm³/mol. The van der Waals surface area contributed by atoms with Gasteiger partial charge < -0.3 is 4.74 Å². The average molecular weight is 220 g/mol. The van der Waals surface area contributed by atoms with Crippen LogP contribution in [-0.2, 0) is 9.53 Å². The van der Waals surface area contributed by atoms with Crippen molar-refractivity contribution in [2.45, 2.75) is 0 Å². The molecule has 4 heteroatoms. The Morgan fingerprint density at radius 3 is 2.69 bits per heavy atom. The van der Waals surface area contributed by atoms with Crippen LogP contribution in [0.1, 0.15) is 0 Å². The van der Waals surface area contributed by atoms with Gasteiger partial charge in [0.25, 0.3) is 0 Å². The lowest BCUT2D eigenvalue weighted by Crippen LogP contribution is -2.35. The van der Waals surface area contributed by atoms with Crippen LogP contribution in [0.15, 0.2) is 30.3 Å². The van der Waals surface area contributed by atoms with Gasteiger partial charge in [0.05, 0.1) is 24.8 Å². The normalized spacial score (nSPS) is 20.6. The molecular formula is C12H16N2O2. The summed E-state index contributed by atoms with van der Waals surface area (Å²) in [7, 11) is 3.42. The number of rotatable bonds is 3. The summed E-state index contributed by atoms with van der Waals surface area (Å²) in [6.07, 6.45) is 0. The zero-order chi connectivity index (χ0) is 11.5. The van der Waals surface area contributed by atoms with Gasteiger partial charge in [0.15, 0.2) is 0 Å².